The molecule has 7 heteroatoms. The fourth-order valence-corrected chi connectivity index (χ4v) is 3.89. The molecule has 6 nitrogen and oxygen atoms in total. The number of carbonyl (C=O) groups excluding carboxylic acids is 3. The lowest BCUT2D eigenvalue weighted by Crippen LogP contribution is -2.29. The van der Waals surface area contributed by atoms with Crippen molar-refractivity contribution in [2.75, 3.05) is 11.9 Å². The minimum Gasteiger partial charge on any atom is -0.493 e. The van der Waals surface area contributed by atoms with E-state index in [1.807, 2.05) is 19.9 Å². The molecule has 0 spiro atoms. The average Bonchev–Trinajstić information content (AvgIpc) is 3.02. The number of carbonyl (C=O) groups is 3. The molecule has 162 valence electrons. The van der Waals surface area contributed by atoms with Crippen molar-refractivity contribution in [3.05, 3.63) is 93.5 Å². The lowest BCUT2D eigenvalue weighted by Gasteiger charge is -2.17. The van der Waals surface area contributed by atoms with Crippen LogP contribution in [0.2, 0.25) is 5.02 Å². The number of anilines is 1. The first-order valence-corrected chi connectivity index (χ1v) is 10.5. The first-order chi connectivity index (χ1) is 15.4. The first kappa shape index (κ1) is 21.6. The van der Waals surface area contributed by atoms with Gasteiger partial charge in [0.1, 0.15) is 5.75 Å². The lowest BCUT2D eigenvalue weighted by atomic mass is 10.1. The molecule has 3 aromatic rings. The molecule has 0 aliphatic carbocycles. The van der Waals surface area contributed by atoms with Crippen LogP contribution in [0.15, 0.2) is 60.7 Å². The summed E-state index contributed by atoms with van der Waals surface area (Å²) in [6, 6.07) is 17.1. The Bertz CT molecular complexity index is 1200. The minimum absolute atomic E-state index is 0.0460. The van der Waals surface area contributed by atoms with E-state index < -0.39 is 5.91 Å². The van der Waals surface area contributed by atoms with Crippen molar-refractivity contribution >= 4 is 35.0 Å². The molecule has 0 fully saturated rings. The van der Waals surface area contributed by atoms with Gasteiger partial charge in [-0.15, -0.1) is 0 Å². The van der Waals surface area contributed by atoms with Gasteiger partial charge in [-0.25, -0.2) is 0 Å². The molecule has 0 unspecified atom stereocenters. The molecule has 0 atom stereocenters. The van der Waals surface area contributed by atoms with Gasteiger partial charge in [0, 0.05) is 0 Å². The maximum absolute atomic E-state index is 13.0. The van der Waals surface area contributed by atoms with E-state index in [1.165, 1.54) is 4.90 Å². The minimum atomic E-state index is -0.400. The van der Waals surface area contributed by atoms with Crippen LogP contribution in [0.4, 0.5) is 5.69 Å². The van der Waals surface area contributed by atoms with E-state index in [4.69, 9.17) is 16.3 Å². The molecule has 3 amide bonds. The van der Waals surface area contributed by atoms with Crippen LogP contribution in [0, 0.1) is 6.92 Å². The summed E-state index contributed by atoms with van der Waals surface area (Å²) >= 11 is 6.26. The van der Waals surface area contributed by atoms with Crippen LogP contribution in [-0.4, -0.2) is 29.2 Å². The number of fused-ring (bicyclic) bond motifs is 1. The zero-order valence-corrected chi connectivity index (χ0v) is 18.4. The van der Waals surface area contributed by atoms with Crippen LogP contribution >= 0.6 is 11.6 Å². The van der Waals surface area contributed by atoms with Crippen molar-refractivity contribution < 1.29 is 19.1 Å². The summed E-state index contributed by atoms with van der Waals surface area (Å²) in [5, 5.41) is 3.24. The molecular formula is C25H21ClN2O4. The molecule has 1 aliphatic rings. The molecule has 0 radical (unpaired) electrons. The summed E-state index contributed by atoms with van der Waals surface area (Å²) in [5.41, 5.74) is 3.15. The number of benzene rings is 3. The Hall–Kier alpha value is -3.64. The van der Waals surface area contributed by atoms with Crippen molar-refractivity contribution in [3.8, 4) is 5.75 Å². The molecule has 0 saturated heterocycles. The third-order valence-electron chi connectivity index (χ3n) is 5.18. The van der Waals surface area contributed by atoms with Gasteiger partial charge in [-0.05, 0) is 61.4 Å². The van der Waals surface area contributed by atoms with Crippen molar-refractivity contribution in [1.82, 2.24) is 4.90 Å². The highest BCUT2D eigenvalue weighted by Crippen LogP contribution is 2.28. The highest BCUT2D eigenvalue weighted by atomic mass is 35.5. The van der Waals surface area contributed by atoms with Crippen molar-refractivity contribution in [3.63, 3.8) is 0 Å². The van der Waals surface area contributed by atoms with Gasteiger partial charge in [-0.3, -0.25) is 19.3 Å². The molecule has 0 aromatic heterocycles. The van der Waals surface area contributed by atoms with Crippen molar-refractivity contribution in [2.45, 2.75) is 20.4 Å². The number of ether oxygens (including phenoxy) is 1. The smallest absolute Gasteiger partial charge is 0.261 e. The van der Waals surface area contributed by atoms with E-state index >= 15 is 0 Å². The van der Waals surface area contributed by atoms with Crippen LogP contribution in [0.5, 0.6) is 5.75 Å². The molecule has 4 rings (SSSR count). The second kappa shape index (κ2) is 8.85. The highest BCUT2D eigenvalue weighted by Gasteiger charge is 2.35. The third-order valence-corrected chi connectivity index (χ3v) is 5.49. The number of amides is 3. The number of aryl methyl sites for hydroxylation is 1. The zero-order valence-electron chi connectivity index (χ0n) is 17.6. The van der Waals surface area contributed by atoms with Crippen LogP contribution in [0.1, 0.15) is 49.1 Å². The Kier molecular flexibility index (Phi) is 5.97. The topological polar surface area (TPSA) is 75.7 Å². The standard InChI is InChI=1S/C25H21ClN2O4/c1-3-32-22-11-9-16(14-28-24(30)17-6-4-5-7-18(17)25(28)31)13-19(22)23(29)27-21-10-8-15(2)12-20(21)26/h4-13H,3,14H2,1-2H3,(H,27,29). The number of halogens is 1. The van der Waals surface area contributed by atoms with Gasteiger partial charge in [0.15, 0.2) is 0 Å². The summed E-state index contributed by atoms with van der Waals surface area (Å²) < 4.78 is 5.62. The summed E-state index contributed by atoms with van der Waals surface area (Å²) in [6.07, 6.45) is 0. The van der Waals surface area contributed by atoms with Gasteiger partial charge in [-0.2, -0.15) is 0 Å². The summed E-state index contributed by atoms with van der Waals surface area (Å²) in [4.78, 5) is 39.6. The molecule has 3 aromatic carbocycles. The molecular weight excluding hydrogens is 428 g/mol. The first-order valence-electron chi connectivity index (χ1n) is 10.2. The maximum Gasteiger partial charge on any atom is 0.261 e. The number of nitrogens with one attached hydrogen (secondary N) is 1. The fraction of sp³-hybridized carbons (Fsp3) is 0.160. The molecule has 1 heterocycles. The quantitative estimate of drug-likeness (QED) is 0.532. The number of nitrogens with zero attached hydrogens (tertiary/aromatic N) is 1. The Morgan fingerprint density at radius 1 is 1.00 bits per heavy atom. The Morgan fingerprint density at radius 3 is 2.31 bits per heavy atom. The van der Waals surface area contributed by atoms with E-state index in [1.54, 1.807) is 54.6 Å². The van der Waals surface area contributed by atoms with Gasteiger partial charge in [-0.1, -0.05) is 35.9 Å². The van der Waals surface area contributed by atoms with Gasteiger partial charge >= 0.3 is 0 Å². The van der Waals surface area contributed by atoms with Gasteiger partial charge in [0.2, 0.25) is 0 Å². The Labute approximate surface area is 190 Å². The lowest BCUT2D eigenvalue weighted by molar-refractivity contribution is 0.0642. The maximum atomic E-state index is 13.0. The zero-order chi connectivity index (χ0) is 22.8. The summed E-state index contributed by atoms with van der Waals surface area (Å²) in [6.45, 7) is 4.16. The normalized spacial score (nSPS) is 12.7. The molecule has 32 heavy (non-hydrogen) atoms. The van der Waals surface area contributed by atoms with Crippen LogP contribution < -0.4 is 10.1 Å². The van der Waals surface area contributed by atoms with Crippen molar-refractivity contribution in [1.29, 1.82) is 0 Å². The van der Waals surface area contributed by atoms with Gasteiger partial charge in [0.05, 0.1) is 40.6 Å². The number of hydrogen-bond donors (Lipinski definition) is 1. The fourth-order valence-electron chi connectivity index (χ4n) is 3.61. The Balaban J connectivity index is 1.61. The van der Waals surface area contributed by atoms with E-state index in [0.717, 1.165) is 5.56 Å². The van der Waals surface area contributed by atoms with Crippen LogP contribution in [0.3, 0.4) is 0 Å². The molecule has 0 saturated carbocycles. The largest absolute Gasteiger partial charge is 0.493 e. The average molecular weight is 449 g/mol. The number of rotatable bonds is 6. The Morgan fingerprint density at radius 2 is 1.69 bits per heavy atom. The number of hydrogen-bond acceptors (Lipinski definition) is 4. The van der Waals surface area contributed by atoms with Crippen molar-refractivity contribution in [2.24, 2.45) is 0 Å². The molecule has 0 bridgehead atoms. The van der Waals surface area contributed by atoms with Gasteiger partial charge < -0.3 is 10.1 Å². The second-order valence-corrected chi connectivity index (χ2v) is 7.85. The van der Waals surface area contributed by atoms with Gasteiger partial charge in [0.25, 0.3) is 17.7 Å². The summed E-state index contributed by atoms with van der Waals surface area (Å²) in [5.74, 6) is -0.698. The predicted molar refractivity (Wildman–Crippen MR) is 122 cm³/mol. The third kappa shape index (κ3) is 4.09. The predicted octanol–water partition coefficient (Wildman–Crippen LogP) is 5.10. The molecule has 1 aliphatic heterocycles. The van der Waals surface area contributed by atoms with Crippen LogP contribution in [0.25, 0.3) is 0 Å². The van der Waals surface area contributed by atoms with E-state index in [0.29, 0.717) is 39.8 Å². The van der Waals surface area contributed by atoms with E-state index in [9.17, 15) is 14.4 Å². The molecule has 1 N–H and O–H groups in total. The highest BCUT2D eigenvalue weighted by molar-refractivity contribution is 6.34. The monoisotopic (exact) mass is 448 g/mol. The number of imide groups is 1. The van der Waals surface area contributed by atoms with Crippen LogP contribution in [-0.2, 0) is 6.54 Å². The van der Waals surface area contributed by atoms with E-state index in [2.05, 4.69) is 5.32 Å². The van der Waals surface area contributed by atoms with E-state index in [-0.39, 0.29) is 23.9 Å². The summed E-state index contributed by atoms with van der Waals surface area (Å²) in [7, 11) is 0. The SMILES string of the molecule is CCOc1ccc(CN2C(=O)c3ccccc3C2=O)cc1C(=O)Nc1ccc(C)cc1Cl. The second-order valence-electron chi connectivity index (χ2n) is 7.44.